The third kappa shape index (κ3) is 4.35. The molecule has 1 aromatic carbocycles. The van der Waals surface area contributed by atoms with E-state index < -0.39 is 29.3 Å². The minimum atomic E-state index is -2.93. The van der Waals surface area contributed by atoms with E-state index in [0.29, 0.717) is 48.9 Å². The van der Waals surface area contributed by atoms with E-state index in [2.05, 4.69) is 33.1 Å². The molecule has 1 aliphatic heterocycles. The fourth-order valence-corrected chi connectivity index (χ4v) is 3.84. The highest BCUT2D eigenvalue weighted by atomic mass is 19.3. The van der Waals surface area contributed by atoms with Crippen molar-refractivity contribution in [2.45, 2.75) is 43.8 Å². The van der Waals surface area contributed by atoms with Crippen molar-refractivity contribution < 1.29 is 22.6 Å². The molecular formula is C24H24F3N5O2. The van der Waals surface area contributed by atoms with E-state index in [4.69, 9.17) is 9.47 Å². The molecule has 1 aromatic heterocycles. The lowest BCUT2D eigenvalue weighted by Gasteiger charge is -2.28. The monoisotopic (exact) mass is 471 g/mol. The van der Waals surface area contributed by atoms with Crippen molar-refractivity contribution in [3.05, 3.63) is 52.3 Å². The molecule has 1 saturated heterocycles. The van der Waals surface area contributed by atoms with E-state index in [1.165, 1.54) is 19.2 Å². The molecule has 0 unspecified atom stereocenters. The SMILES string of the molecule is C=Nc1nc(OC2COC2)c(C2(C#N)CC2)cc1C(=NC)N[C@H](C)c1cccc(C(F)F)c1F. The van der Waals surface area contributed by atoms with Crippen LogP contribution in [0.4, 0.5) is 19.0 Å². The van der Waals surface area contributed by atoms with Gasteiger partial charge in [0, 0.05) is 18.2 Å². The molecule has 1 aliphatic carbocycles. The standard InChI is InChI=1S/C24H24F3N5O2/c1-13(15-5-4-6-16(19(15)25)20(26)27)31-21(29-2)17-9-18(24(12-28)7-8-24)23(32-22(17)30-3)34-14-10-33-11-14/h4-6,9,13-14,20H,3,7-8,10-11H2,1-2H3,(H,29,31)/t13-/m1/s1. The summed E-state index contributed by atoms with van der Waals surface area (Å²) < 4.78 is 52.2. The molecule has 4 rings (SSSR count). The van der Waals surface area contributed by atoms with Gasteiger partial charge >= 0.3 is 0 Å². The fourth-order valence-electron chi connectivity index (χ4n) is 3.84. The van der Waals surface area contributed by atoms with Gasteiger partial charge in [-0.1, -0.05) is 18.2 Å². The Hall–Kier alpha value is -3.45. The van der Waals surface area contributed by atoms with Crippen molar-refractivity contribution in [2.75, 3.05) is 20.3 Å². The van der Waals surface area contributed by atoms with E-state index in [9.17, 15) is 18.4 Å². The summed E-state index contributed by atoms with van der Waals surface area (Å²) in [6.07, 6.45) is -1.76. The highest BCUT2D eigenvalue weighted by Crippen LogP contribution is 2.51. The third-order valence-electron chi connectivity index (χ3n) is 6.07. The van der Waals surface area contributed by atoms with Crippen molar-refractivity contribution in [1.82, 2.24) is 10.3 Å². The van der Waals surface area contributed by atoms with Gasteiger partial charge in [-0.05, 0) is 32.5 Å². The summed E-state index contributed by atoms with van der Waals surface area (Å²) in [7, 11) is 1.53. The second kappa shape index (κ2) is 9.43. The van der Waals surface area contributed by atoms with Gasteiger partial charge in [0.1, 0.15) is 17.8 Å². The van der Waals surface area contributed by atoms with Crippen molar-refractivity contribution in [1.29, 1.82) is 5.26 Å². The number of aliphatic imine (C=N–C) groups is 2. The number of halogens is 3. The number of nitrogens with zero attached hydrogens (tertiary/aromatic N) is 4. The van der Waals surface area contributed by atoms with Crippen LogP contribution in [-0.2, 0) is 10.2 Å². The summed E-state index contributed by atoms with van der Waals surface area (Å²) in [5, 5.41) is 12.9. The maximum absolute atomic E-state index is 14.7. The number of benzene rings is 1. The highest BCUT2D eigenvalue weighted by Gasteiger charge is 2.48. The van der Waals surface area contributed by atoms with Crippen LogP contribution in [-0.4, -0.2) is 43.9 Å². The zero-order valence-electron chi connectivity index (χ0n) is 18.8. The Balaban J connectivity index is 1.71. The van der Waals surface area contributed by atoms with Crippen molar-refractivity contribution in [2.24, 2.45) is 9.98 Å². The number of nitrogens with one attached hydrogen (secondary N) is 1. The molecule has 2 fully saturated rings. The summed E-state index contributed by atoms with van der Waals surface area (Å²) in [5.41, 5.74) is -0.247. The van der Waals surface area contributed by atoms with Crippen molar-refractivity contribution in [3.8, 4) is 11.9 Å². The van der Waals surface area contributed by atoms with E-state index in [0.717, 1.165) is 6.07 Å². The highest BCUT2D eigenvalue weighted by molar-refractivity contribution is 6.03. The van der Waals surface area contributed by atoms with Crippen LogP contribution in [0.3, 0.4) is 0 Å². The van der Waals surface area contributed by atoms with E-state index in [1.54, 1.807) is 13.0 Å². The molecule has 0 bridgehead atoms. The molecule has 178 valence electrons. The van der Waals surface area contributed by atoms with E-state index >= 15 is 0 Å². The molecule has 1 saturated carbocycles. The number of nitriles is 1. The molecule has 0 amide bonds. The van der Waals surface area contributed by atoms with E-state index in [1.807, 2.05) is 0 Å². The number of aromatic nitrogens is 1. The van der Waals surface area contributed by atoms with Crippen LogP contribution in [0.1, 0.15) is 54.5 Å². The Labute approximate surface area is 195 Å². The minimum absolute atomic E-state index is 0.0702. The Kier molecular flexibility index (Phi) is 6.57. The smallest absolute Gasteiger partial charge is 0.266 e. The first kappa shape index (κ1) is 23.7. The average Bonchev–Trinajstić information content (AvgIpc) is 3.60. The summed E-state index contributed by atoms with van der Waals surface area (Å²) >= 11 is 0. The molecule has 2 aliphatic rings. The molecule has 2 aromatic rings. The number of hydrogen-bond acceptors (Lipinski definition) is 6. The normalized spacial score (nSPS) is 18.1. The fraction of sp³-hybridized carbons (Fsp3) is 0.417. The molecule has 1 atom stereocenters. The predicted octanol–water partition coefficient (Wildman–Crippen LogP) is 4.55. The largest absolute Gasteiger partial charge is 0.469 e. The molecule has 7 nitrogen and oxygen atoms in total. The molecule has 34 heavy (non-hydrogen) atoms. The number of rotatable bonds is 8. The van der Waals surface area contributed by atoms with Crippen LogP contribution >= 0.6 is 0 Å². The summed E-state index contributed by atoms with van der Waals surface area (Å²) in [5.74, 6) is -0.146. The predicted molar refractivity (Wildman–Crippen MR) is 121 cm³/mol. The van der Waals surface area contributed by atoms with Crippen LogP contribution in [0, 0.1) is 17.1 Å². The summed E-state index contributed by atoms with van der Waals surface area (Å²) in [6.45, 7) is 6.10. The zero-order valence-corrected chi connectivity index (χ0v) is 18.8. The van der Waals surface area contributed by atoms with Gasteiger partial charge < -0.3 is 14.8 Å². The van der Waals surface area contributed by atoms with Gasteiger partial charge in [0.15, 0.2) is 5.82 Å². The van der Waals surface area contributed by atoms with Gasteiger partial charge in [-0.25, -0.2) is 18.2 Å². The average molecular weight is 471 g/mol. The summed E-state index contributed by atoms with van der Waals surface area (Å²) in [6, 6.07) is 7.28. The Morgan fingerprint density at radius 3 is 2.59 bits per heavy atom. The third-order valence-corrected chi connectivity index (χ3v) is 6.07. The first-order valence-corrected chi connectivity index (χ1v) is 10.8. The van der Waals surface area contributed by atoms with Crippen LogP contribution in [0.15, 0.2) is 34.3 Å². The lowest BCUT2D eigenvalue weighted by molar-refractivity contribution is -0.0817. The Bertz CT molecular complexity index is 1170. The first-order valence-electron chi connectivity index (χ1n) is 10.8. The van der Waals surface area contributed by atoms with Crippen LogP contribution in [0.25, 0.3) is 0 Å². The number of hydrogen-bond donors (Lipinski definition) is 1. The van der Waals surface area contributed by atoms with Gasteiger partial charge in [-0.15, -0.1) is 0 Å². The first-order chi connectivity index (χ1) is 16.3. The molecule has 2 heterocycles. The molecule has 0 spiro atoms. The van der Waals surface area contributed by atoms with Gasteiger partial charge in [-0.3, -0.25) is 4.99 Å². The maximum atomic E-state index is 14.7. The minimum Gasteiger partial charge on any atom is -0.469 e. The quantitative estimate of drug-likeness (QED) is 0.451. The van der Waals surface area contributed by atoms with Gasteiger partial charge in [0.2, 0.25) is 5.88 Å². The molecule has 0 radical (unpaired) electrons. The Morgan fingerprint density at radius 1 is 1.35 bits per heavy atom. The van der Waals surface area contributed by atoms with Gasteiger partial charge in [-0.2, -0.15) is 10.2 Å². The summed E-state index contributed by atoms with van der Waals surface area (Å²) in [4.78, 5) is 12.8. The number of alkyl halides is 2. The topological polar surface area (TPSA) is 91.9 Å². The Morgan fingerprint density at radius 2 is 2.06 bits per heavy atom. The van der Waals surface area contributed by atoms with Crippen molar-refractivity contribution >= 4 is 18.4 Å². The van der Waals surface area contributed by atoms with Gasteiger partial charge in [0.25, 0.3) is 6.43 Å². The van der Waals surface area contributed by atoms with Crippen LogP contribution in [0.2, 0.25) is 0 Å². The molecule has 1 N–H and O–H groups in total. The second-order valence-electron chi connectivity index (χ2n) is 8.33. The second-order valence-corrected chi connectivity index (χ2v) is 8.33. The lowest BCUT2D eigenvalue weighted by Crippen LogP contribution is -2.39. The number of pyridine rings is 1. The lowest BCUT2D eigenvalue weighted by atomic mass is 9.96. The van der Waals surface area contributed by atoms with Crippen LogP contribution in [0.5, 0.6) is 5.88 Å². The van der Waals surface area contributed by atoms with Crippen LogP contribution < -0.4 is 10.1 Å². The maximum Gasteiger partial charge on any atom is 0.266 e. The zero-order chi connectivity index (χ0) is 24.5. The van der Waals surface area contributed by atoms with Gasteiger partial charge in [0.05, 0.1) is 41.9 Å². The molecular weight excluding hydrogens is 447 g/mol. The van der Waals surface area contributed by atoms with E-state index in [-0.39, 0.29) is 17.5 Å². The number of amidine groups is 1. The molecule has 10 heteroatoms. The number of ether oxygens (including phenoxy) is 2. The van der Waals surface area contributed by atoms with Crippen molar-refractivity contribution in [3.63, 3.8) is 0 Å².